The molecule has 1 saturated heterocycles. The van der Waals surface area contributed by atoms with Gasteiger partial charge in [-0.15, -0.1) is 0 Å². The third kappa shape index (κ3) is 3.18. The van der Waals surface area contributed by atoms with Crippen LogP contribution in [0.5, 0.6) is 5.75 Å². The van der Waals surface area contributed by atoms with Gasteiger partial charge in [-0.1, -0.05) is 48.2 Å². The highest BCUT2D eigenvalue weighted by Crippen LogP contribution is 2.60. The van der Waals surface area contributed by atoms with Crippen LogP contribution in [-0.2, 0) is 10.3 Å². The summed E-state index contributed by atoms with van der Waals surface area (Å²) in [6.45, 7) is 1.97. The van der Waals surface area contributed by atoms with Gasteiger partial charge in [-0.25, -0.2) is 4.79 Å². The second kappa shape index (κ2) is 7.94. The van der Waals surface area contributed by atoms with Gasteiger partial charge in [-0.05, 0) is 33.0 Å². The molecule has 28 heavy (non-hydrogen) atoms. The number of hydrogen-bond donors (Lipinski definition) is 0. The number of ether oxygens (including phenoxy) is 2. The van der Waals surface area contributed by atoms with Crippen molar-refractivity contribution in [2.75, 3.05) is 4.90 Å². The third-order valence-corrected chi connectivity index (χ3v) is 5.51. The fraction of sp³-hybridized carbons (Fsp3) is 0.182. The second-order valence-electron chi connectivity index (χ2n) is 6.37. The molecule has 3 atom stereocenters. The SMILES string of the molecule is C[C](C#CI)[C@]12O[C@H]1[C@H](C#CI)N(C(=O)Oc1ccccc1)c1ccccc12. The fourth-order valence-electron chi connectivity index (χ4n) is 3.67. The Labute approximate surface area is 191 Å². The predicted octanol–water partition coefficient (Wildman–Crippen LogP) is 5.05. The largest absolute Gasteiger partial charge is 0.420 e. The first-order valence-corrected chi connectivity index (χ1v) is 10.7. The number of nitrogens with zero attached hydrogens (tertiary/aromatic N) is 1. The summed E-state index contributed by atoms with van der Waals surface area (Å²) in [6.07, 6.45) is -0.769. The van der Waals surface area contributed by atoms with Crippen LogP contribution in [0.4, 0.5) is 10.5 Å². The molecule has 0 unspecified atom stereocenters. The summed E-state index contributed by atoms with van der Waals surface area (Å²) >= 11 is 4.00. The maximum atomic E-state index is 13.1. The lowest BCUT2D eigenvalue weighted by Gasteiger charge is -2.35. The normalized spacial score (nSPS) is 24.1. The molecule has 1 radical (unpaired) electrons. The minimum absolute atomic E-state index is 0.287. The van der Waals surface area contributed by atoms with Crippen molar-refractivity contribution in [1.82, 2.24) is 0 Å². The van der Waals surface area contributed by atoms with Crippen molar-refractivity contribution >= 4 is 57.0 Å². The number of halogens is 2. The number of carbonyl (C=O) groups is 1. The van der Waals surface area contributed by atoms with Crippen molar-refractivity contribution in [2.45, 2.75) is 24.7 Å². The van der Waals surface area contributed by atoms with Gasteiger partial charge in [0.2, 0.25) is 0 Å². The number of hydrogen-bond acceptors (Lipinski definition) is 3. The van der Waals surface area contributed by atoms with Crippen LogP contribution >= 0.6 is 45.2 Å². The van der Waals surface area contributed by atoms with Gasteiger partial charge in [0.25, 0.3) is 0 Å². The molecule has 1 amide bonds. The zero-order valence-corrected chi connectivity index (χ0v) is 19.1. The Morgan fingerprint density at radius 1 is 1.11 bits per heavy atom. The molecule has 0 saturated carbocycles. The van der Waals surface area contributed by atoms with Crippen LogP contribution in [0.3, 0.4) is 0 Å². The van der Waals surface area contributed by atoms with E-state index in [0.29, 0.717) is 5.75 Å². The van der Waals surface area contributed by atoms with Crippen molar-refractivity contribution in [1.29, 1.82) is 0 Å². The van der Waals surface area contributed by atoms with E-state index in [1.807, 2.05) is 94.6 Å². The minimum Gasteiger partial charge on any atom is -0.410 e. The van der Waals surface area contributed by atoms with Gasteiger partial charge in [-0.3, -0.25) is 4.90 Å². The zero-order valence-electron chi connectivity index (χ0n) is 14.8. The molecule has 2 aliphatic heterocycles. The molecule has 0 aliphatic carbocycles. The van der Waals surface area contributed by atoms with Gasteiger partial charge in [0, 0.05) is 50.7 Å². The van der Waals surface area contributed by atoms with Crippen LogP contribution in [0.2, 0.25) is 0 Å². The lowest BCUT2D eigenvalue weighted by Crippen LogP contribution is -2.50. The van der Waals surface area contributed by atoms with Gasteiger partial charge in [0.15, 0.2) is 0 Å². The zero-order chi connectivity index (χ0) is 19.7. The monoisotopic (exact) mass is 594 g/mol. The van der Waals surface area contributed by atoms with Crippen LogP contribution in [0.1, 0.15) is 12.5 Å². The van der Waals surface area contributed by atoms with E-state index in [9.17, 15) is 4.79 Å². The topological polar surface area (TPSA) is 42.1 Å². The molecule has 2 aromatic rings. The Bertz CT molecular complexity index is 1030. The predicted molar refractivity (Wildman–Crippen MR) is 124 cm³/mol. The van der Waals surface area contributed by atoms with Crippen LogP contribution in [0.25, 0.3) is 0 Å². The van der Waals surface area contributed by atoms with E-state index in [1.165, 1.54) is 0 Å². The van der Waals surface area contributed by atoms with E-state index >= 15 is 0 Å². The summed E-state index contributed by atoms with van der Waals surface area (Å²) in [6, 6.07) is 16.3. The van der Waals surface area contributed by atoms with E-state index in [-0.39, 0.29) is 6.10 Å². The summed E-state index contributed by atoms with van der Waals surface area (Å²) in [5.74, 6) is 7.65. The molecule has 2 aliphatic rings. The average molecular weight is 594 g/mol. The molecule has 6 heteroatoms. The number of para-hydroxylation sites is 2. The van der Waals surface area contributed by atoms with Crippen molar-refractivity contribution in [3.63, 3.8) is 0 Å². The number of benzene rings is 2. The first-order valence-electron chi connectivity index (χ1n) is 8.53. The van der Waals surface area contributed by atoms with Crippen molar-refractivity contribution < 1.29 is 14.3 Å². The smallest absolute Gasteiger partial charge is 0.410 e. The summed E-state index contributed by atoms with van der Waals surface area (Å²) < 4.78 is 17.7. The standard InChI is InChI=1S/C22H14I2NO3/c1-15(11-13-23)22-17-9-5-6-10-18(17)25(19(12-14-24)20(22)28-22)21(26)27-16-7-3-2-4-8-16/h2-10,19-20H,1H3/t19-,20-,22+/m0/s1. The first-order chi connectivity index (χ1) is 13.6. The van der Waals surface area contributed by atoms with Crippen LogP contribution in [0, 0.1) is 25.6 Å². The maximum absolute atomic E-state index is 13.1. The van der Waals surface area contributed by atoms with Crippen molar-refractivity contribution in [3.8, 4) is 25.4 Å². The van der Waals surface area contributed by atoms with Crippen molar-refractivity contribution in [3.05, 3.63) is 66.1 Å². The summed E-state index contributed by atoms with van der Waals surface area (Å²) in [4.78, 5) is 14.7. The van der Waals surface area contributed by atoms with Gasteiger partial charge in [-0.2, -0.15) is 0 Å². The lowest BCUT2D eigenvalue weighted by atomic mass is 9.78. The Kier molecular flexibility index (Phi) is 5.55. The van der Waals surface area contributed by atoms with E-state index in [2.05, 4.69) is 19.7 Å². The number of epoxide rings is 1. The Morgan fingerprint density at radius 3 is 2.54 bits per heavy atom. The molecule has 0 bridgehead atoms. The number of carbonyl (C=O) groups excluding carboxylic acids is 1. The van der Waals surface area contributed by atoms with Gasteiger partial charge >= 0.3 is 6.09 Å². The van der Waals surface area contributed by atoms with Gasteiger partial charge in [0.05, 0.1) is 11.6 Å². The van der Waals surface area contributed by atoms with Crippen LogP contribution in [-0.4, -0.2) is 18.2 Å². The highest BCUT2D eigenvalue weighted by atomic mass is 127. The fourth-order valence-corrected chi connectivity index (χ4v) is 4.39. The summed E-state index contributed by atoms with van der Waals surface area (Å²) in [5.41, 5.74) is 1.01. The molecule has 139 valence electrons. The van der Waals surface area contributed by atoms with Gasteiger partial charge < -0.3 is 9.47 Å². The van der Waals surface area contributed by atoms with E-state index in [0.717, 1.165) is 17.2 Å². The number of rotatable bonds is 2. The Hall–Kier alpha value is -1.75. The van der Waals surface area contributed by atoms with Crippen LogP contribution in [0.15, 0.2) is 54.6 Å². The van der Waals surface area contributed by atoms with E-state index in [4.69, 9.17) is 9.47 Å². The maximum Gasteiger partial charge on any atom is 0.420 e. The highest BCUT2D eigenvalue weighted by molar-refractivity contribution is 14.1. The average Bonchev–Trinajstić information content (AvgIpc) is 3.47. The summed E-state index contributed by atoms with van der Waals surface area (Å²) in [5, 5.41) is 0. The number of anilines is 1. The van der Waals surface area contributed by atoms with Crippen molar-refractivity contribution in [2.24, 2.45) is 0 Å². The van der Waals surface area contributed by atoms with Gasteiger partial charge in [0.1, 0.15) is 23.5 Å². The molecular formula is C22H14I2NO3. The second-order valence-corrected chi connectivity index (χ2v) is 7.45. The number of fused-ring (bicyclic) bond motifs is 3. The molecular weight excluding hydrogens is 580 g/mol. The van der Waals surface area contributed by atoms with Crippen LogP contribution < -0.4 is 9.64 Å². The van der Waals surface area contributed by atoms with E-state index < -0.39 is 17.7 Å². The first kappa shape index (κ1) is 19.6. The Morgan fingerprint density at radius 2 is 1.82 bits per heavy atom. The third-order valence-electron chi connectivity index (χ3n) is 4.92. The molecule has 4 nitrogen and oxygen atoms in total. The quantitative estimate of drug-likeness (QED) is 0.278. The molecule has 2 aromatic carbocycles. The number of amides is 1. The molecule has 0 spiro atoms. The van der Waals surface area contributed by atoms with E-state index in [1.54, 1.807) is 17.0 Å². The molecule has 4 rings (SSSR count). The molecule has 1 fully saturated rings. The molecule has 0 aromatic heterocycles. The highest BCUT2D eigenvalue weighted by Gasteiger charge is 2.69. The summed E-state index contributed by atoms with van der Waals surface area (Å²) in [7, 11) is 0. The molecule has 0 N–H and O–H groups in total. The molecule has 2 heterocycles. The Balaban J connectivity index is 1.79. The minimum atomic E-state index is -0.635. The lowest BCUT2D eigenvalue weighted by molar-refractivity contribution is 0.205.